The molecule has 98 valence electrons. The number of nitrogens with zero attached hydrogens (tertiary/aromatic N) is 1. The maximum atomic E-state index is 5.57. The molecule has 0 spiro atoms. The molecule has 0 N–H and O–H groups in total. The van der Waals surface area contributed by atoms with Gasteiger partial charge in [0.1, 0.15) is 4.32 Å². The Morgan fingerprint density at radius 3 is 2.65 bits per heavy atom. The Balaban J connectivity index is 1.77. The van der Waals surface area contributed by atoms with Gasteiger partial charge in [-0.2, -0.15) is 0 Å². The molecule has 1 unspecified atom stereocenters. The molecule has 3 nitrogen and oxygen atoms in total. The first-order valence-electron chi connectivity index (χ1n) is 6.50. The minimum Gasteiger partial charge on any atom is -0.355 e. The molecule has 17 heavy (non-hydrogen) atoms. The number of hydrogen-bond donors (Lipinski definition) is 1. The predicted octanol–water partition coefficient (Wildman–Crippen LogP) is 2.60. The number of thiocarbonyl (C=S) groups is 1. The standard InChI is InChI=1S/C12H21NO2S2/c16-12(17)13-7-2-1-4-10(13)5-6-11-14-8-3-9-15-11/h10-11H,1-9H2,(H,16,17). The molecule has 1 atom stereocenters. The van der Waals surface area contributed by atoms with Crippen LogP contribution in [0.3, 0.4) is 0 Å². The van der Waals surface area contributed by atoms with Crippen molar-refractivity contribution in [1.29, 1.82) is 0 Å². The van der Waals surface area contributed by atoms with Crippen LogP contribution < -0.4 is 0 Å². The summed E-state index contributed by atoms with van der Waals surface area (Å²) in [4.78, 5) is 2.25. The van der Waals surface area contributed by atoms with Gasteiger partial charge in [0.25, 0.3) is 0 Å². The zero-order valence-electron chi connectivity index (χ0n) is 10.1. The van der Waals surface area contributed by atoms with Crippen LogP contribution in [0.25, 0.3) is 0 Å². The summed E-state index contributed by atoms with van der Waals surface area (Å²) in [7, 11) is 0. The molecule has 0 aromatic carbocycles. The van der Waals surface area contributed by atoms with Crippen molar-refractivity contribution in [1.82, 2.24) is 4.90 Å². The van der Waals surface area contributed by atoms with E-state index in [9.17, 15) is 0 Å². The lowest BCUT2D eigenvalue weighted by molar-refractivity contribution is -0.182. The normalized spacial score (nSPS) is 27.1. The third-order valence-corrected chi connectivity index (χ3v) is 4.00. The van der Waals surface area contributed by atoms with E-state index in [1.165, 1.54) is 19.3 Å². The smallest absolute Gasteiger partial charge is 0.157 e. The Kier molecular flexibility index (Phi) is 5.53. The van der Waals surface area contributed by atoms with E-state index in [0.29, 0.717) is 6.04 Å². The summed E-state index contributed by atoms with van der Waals surface area (Å²) in [6, 6.07) is 0.530. The second-order valence-electron chi connectivity index (χ2n) is 4.73. The second kappa shape index (κ2) is 6.92. The third kappa shape index (κ3) is 4.09. The molecule has 0 aliphatic carbocycles. The van der Waals surface area contributed by atoms with Crippen LogP contribution in [0.2, 0.25) is 0 Å². The van der Waals surface area contributed by atoms with Gasteiger partial charge in [0, 0.05) is 19.0 Å². The SMILES string of the molecule is S=C(S)N1CCCCC1CCC1OCCCO1. The lowest BCUT2D eigenvalue weighted by Gasteiger charge is -2.37. The van der Waals surface area contributed by atoms with Crippen LogP contribution in [-0.4, -0.2) is 41.3 Å². The fourth-order valence-corrected chi connectivity index (χ4v) is 3.09. The Bertz CT molecular complexity index is 257. The van der Waals surface area contributed by atoms with Crippen molar-refractivity contribution in [2.45, 2.75) is 50.9 Å². The molecule has 2 aliphatic heterocycles. The van der Waals surface area contributed by atoms with E-state index in [-0.39, 0.29) is 6.29 Å². The van der Waals surface area contributed by atoms with Gasteiger partial charge in [0.2, 0.25) is 0 Å². The quantitative estimate of drug-likeness (QED) is 0.631. The van der Waals surface area contributed by atoms with Gasteiger partial charge in [-0.3, -0.25) is 0 Å². The number of rotatable bonds is 3. The first-order valence-corrected chi connectivity index (χ1v) is 7.35. The molecule has 2 heterocycles. The lowest BCUT2D eigenvalue weighted by atomic mass is 9.98. The van der Waals surface area contributed by atoms with Crippen molar-refractivity contribution in [3.05, 3.63) is 0 Å². The first kappa shape index (κ1) is 13.6. The lowest BCUT2D eigenvalue weighted by Crippen LogP contribution is -2.41. The van der Waals surface area contributed by atoms with Gasteiger partial charge in [0.05, 0.1) is 13.2 Å². The summed E-state index contributed by atoms with van der Waals surface area (Å²) >= 11 is 9.51. The molecule has 5 heteroatoms. The Hall–Kier alpha value is 0.160. The molecule has 0 aromatic heterocycles. The number of ether oxygens (including phenoxy) is 2. The van der Waals surface area contributed by atoms with Crippen molar-refractivity contribution in [3.63, 3.8) is 0 Å². The van der Waals surface area contributed by atoms with E-state index in [0.717, 1.165) is 43.3 Å². The van der Waals surface area contributed by atoms with E-state index < -0.39 is 0 Å². The van der Waals surface area contributed by atoms with Crippen LogP contribution in [0.1, 0.15) is 38.5 Å². The van der Waals surface area contributed by atoms with Gasteiger partial charge >= 0.3 is 0 Å². The molecule has 0 radical (unpaired) electrons. The van der Waals surface area contributed by atoms with E-state index in [2.05, 4.69) is 17.5 Å². The van der Waals surface area contributed by atoms with Gasteiger partial charge in [-0.25, -0.2) is 0 Å². The Morgan fingerprint density at radius 2 is 1.94 bits per heavy atom. The predicted molar refractivity (Wildman–Crippen MR) is 75.5 cm³/mol. The van der Waals surface area contributed by atoms with Gasteiger partial charge in [-0.15, -0.1) is 12.6 Å². The van der Waals surface area contributed by atoms with Crippen molar-refractivity contribution in [2.75, 3.05) is 19.8 Å². The van der Waals surface area contributed by atoms with Gasteiger partial charge < -0.3 is 14.4 Å². The summed E-state index contributed by atoms with van der Waals surface area (Å²) in [5.74, 6) is 0. The molecular formula is C12H21NO2S2. The molecule has 0 amide bonds. The van der Waals surface area contributed by atoms with Crippen LogP contribution in [0.15, 0.2) is 0 Å². The maximum absolute atomic E-state index is 5.57. The summed E-state index contributed by atoms with van der Waals surface area (Å²) in [6.45, 7) is 2.73. The molecular weight excluding hydrogens is 254 g/mol. The van der Waals surface area contributed by atoms with E-state index in [4.69, 9.17) is 21.7 Å². The average Bonchev–Trinajstić information content (AvgIpc) is 2.38. The second-order valence-corrected chi connectivity index (χ2v) is 5.84. The fraction of sp³-hybridized carbons (Fsp3) is 0.917. The topological polar surface area (TPSA) is 21.7 Å². The zero-order chi connectivity index (χ0) is 12.1. The number of likely N-dealkylation sites (tertiary alicyclic amines) is 1. The minimum atomic E-state index is 0.000940. The largest absolute Gasteiger partial charge is 0.355 e. The molecule has 2 fully saturated rings. The van der Waals surface area contributed by atoms with Crippen molar-refractivity contribution < 1.29 is 9.47 Å². The molecule has 0 saturated carbocycles. The minimum absolute atomic E-state index is 0.000940. The van der Waals surface area contributed by atoms with Gasteiger partial charge in [0.15, 0.2) is 6.29 Å². The Labute approximate surface area is 114 Å². The molecule has 0 bridgehead atoms. The number of piperidine rings is 1. The van der Waals surface area contributed by atoms with Crippen LogP contribution in [0.4, 0.5) is 0 Å². The Morgan fingerprint density at radius 1 is 1.18 bits per heavy atom. The third-order valence-electron chi connectivity index (χ3n) is 3.50. The van der Waals surface area contributed by atoms with Crippen molar-refractivity contribution in [3.8, 4) is 0 Å². The van der Waals surface area contributed by atoms with Gasteiger partial charge in [-0.1, -0.05) is 12.2 Å². The first-order chi connectivity index (χ1) is 8.27. The highest BCUT2D eigenvalue weighted by atomic mass is 32.1. The molecule has 2 rings (SSSR count). The van der Waals surface area contributed by atoms with E-state index in [1.54, 1.807) is 0 Å². The summed E-state index contributed by atoms with van der Waals surface area (Å²) in [6.07, 6.45) is 6.82. The van der Waals surface area contributed by atoms with Crippen LogP contribution in [-0.2, 0) is 9.47 Å². The zero-order valence-corrected chi connectivity index (χ0v) is 11.8. The highest BCUT2D eigenvalue weighted by Crippen LogP contribution is 2.24. The molecule has 0 aromatic rings. The van der Waals surface area contributed by atoms with Crippen LogP contribution >= 0.6 is 24.8 Å². The molecule has 2 aliphatic rings. The maximum Gasteiger partial charge on any atom is 0.157 e. The van der Waals surface area contributed by atoms with E-state index >= 15 is 0 Å². The van der Waals surface area contributed by atoms with Crippen LogP contribution in [0.5, 0.6) is 0 Å². The summed E-state index contributed by atoms with van der Waals surface area (Å²) in [5.41, 5.74) is 0. The summed E-state index contributed by atoms with van der Waals surface area (Å²) in [5, 5.41) is 0. The number of thiol groups is 1. The van der Waals surface area contributed by atoms with Gasteiger partial charge in [-0.05, 0) is 32.1 Å². The highest BCUT2D eigenvalue weighted by Gasteiger charge is 2.24. The number of hydrogen-bond acceptors (Lipinski definition) is 3. The monoisotopic (exact) mass is 275 g/mol. The average molecular weight is 275 g/mol. The van der Waals surface area contributed by atoms with Crippen molar-refractivity contribution in [2.24, 2.45) is 0 Å². The summed E-state index contributed by atoms with van der Waals surface area (Å²) < 4.78 is 11.9. The fourth-order valence-electron chi connectivity index (χ4n) is 2.58. The highest BCUT2D eigenvalue weighted by molar-refractivity contribution is 8.10. The van der Waals surface area contributed by atoms with E-state index in [1.807, 2.05) is 0 Å². The van der Waals surface area contributed by atoms with Crippen molar-refractivity contribution >= 4 is 29.2 Å². The van der Waals surface area contributed by atoms with Crippen LogP contribution in [0, 0.1) is 0 Å². The molecule has 2 saturated heterocycles.